The summed E-state index contributed by atoms with van der Waals surface area (Å²) < 4.78 is 42.8. The van der Waals surface area contributed by atoms with Gasteiger partial charge in [-0.3, -0.25) is 0 Å². The van der Waals surface area contributed by atoms with Crippen LogP contribution in [0, 0.1) is 13.8 Å². The summed E-state index contributed by atoms with van der Waals surface area (Å²) in [5.41, 5.74) is 1.37. The minimum absolute atomic E-state index is 0.389. The molecule has 0 spiro atoms. The second-order valence-electron chi connectivity index (χ2n) is 4.39. The van der Waals surface area contributed by atoms with Crippen LogP contribution in [-0.2, 0) is 6.18 Å². The van der Waals surface area contributed by atoms with Gasteiger partial charge in [0.25, 0.3) is 0 Å². The standard InChI is InChI=1S/C15H13F3O/c1-10-3-8-14(11(2)9-10)19-13-6-4-12(5-7-13)15(16,17)18/h3-9H,1-2H3. The molecule has 4 heteroatoms. The lowest BCUT2D eigenvalue weighted by atomic mass is 10.1. The molecule has 0 fully saturated rings. The number of hydrogen-bond donors (Lipinski definition) is 0. The average Bonchev–Trinajstić information content (AvgIpc) is 2.32. The van der Waals surface area contributed by atoms with Gasteiger partial charge < -0.3 is 4.74 Å². The minimum atomic E-state index is -4.32. The van der Waals surface area contributed by atoms with Crippen LogP contribution in [0.1, 0.15) is 16.7 Å². The first-order valence-corrected chi connectivity index (χ1v) is 5.78. The van der Waals surface area contributed by atoms with E-state index in [4.69, 9.17) is 4.74 Å². The zero-order valence-electron chi connectivity index (χ0n) is 10.6. The summed E-state index contributed by atoms with van der Waals surface area (Å²) in [4.78, 5) is 0. The van der Waals surface area contributed by atoms with E-state index in [9.17, 15) is 13.2 Å². The summed E-state index contributed by atoms with van der Waals surface area (Å²) in [6.07, 6.45) is -4.32. The Kier molecular flexibility index (Phi) is 3.51. The zero-order valence-corrected chi connectivity index (χ0v) is 10.6. The summed E-state index contributed by atoms with van der Waals surface area (Å²) in [5, 5.41) is 0. The summed E-state index contributed by atoms with van der Waals surface area (Å²) in [6.45, 7) is 3.86. The molecule has 0 aliphatic heterocycles. The molecule has 0 aliphatic carbocycles. The second kappa shape index (κ2) is 4.96. The number of rotatable bonds is 2. The molecule has 0 saturated carbocycles. The Labute approximate surface area is 109 Å². The molecule has 100 valence electrons. The Hall–Kier alpha value is -1.97. The quantitative estimate of drug-likeness (QED) is 0.733. The van der Waals surface area contributed by atoms with Crippen molar-refractivity contribution >= 4 is 0 Å². The Morgan fingerprint density at radius 3 is 2.05 bits per heavy atom. The Morgan fingerprint density at radius 2 is 1.53 bits per heavy atom. The maximum atomic E-state index is 12.4. The van der Waals surface area contributed by atoms with Crippen LogP contribution in [-0.4, -0.2) is 0 Å². The summed E-state index contributed by atoms with van der Waals surface area (Å²) >= 11 is 0. The van der Waals surface area contributed by atoms with Crippen LogP contribution in [0.2, 0.25) is 0 Å². The zero-order chi connectivity index (χ0) is 14.0. The van der Waals surface area contributed by atoms with Crippen molar-refractivity contribution in [1.29, 1.82) is 0 Å². The van der Waals surface area contributed by atoms with Crippen LogP contribution in [0.25, 0.3) is 0 Å². The molecule has 0 unspecified atom stereocenters. The van der Waals surface area contributed by atoms with Crippen LogP contribution < -0.4 is 4.74 Å². The SMILES string of the molecule is Cc1ccc(Oc2ccc(C(F)(F)F)cc2)c(C)c1. The smallest absolute Gasteiger partial charge is 0.416 e. The normalized spacial score (nSPS) is 11.4. The topological polar surface area (TPSA) is 9.23 Å². The van der Waals surface area contributed by atoms with Gasteiger partial charge in [-0.05, 0) is 49.7 Å². The third-order valence-corrected chi connectivity index (χ3v) is 2.74. The van der Waals surface area contributed by atoms with Crippen molar-refractivity contribution in [3.8, 4) is 11.5 Å². The summed E-state index contributed by atoms with van der Waals surface area (Å²) in [7, 11) is 0. The van der Waals surface area contributed by atoms with E-state index in [0.717, 1.165) is 23.3 Å². The molecule has 0 atom stereocenters. The molecule has 19 heavy (non-hydrogen) atoms. The maximum absolute atomic E-state index is 12.4. The summed E-state index contributed by atoms with van der Waals surface area (Å²) in [6, 6.07) is 10.3. The first-order valence-electron chi connectivity index (χ1n) is 5.78. The van der Waals surface area contributed by atoms with E-state index in [1.807, 2.05) is 32.0 Å². The Balaban J connectivity index is 2.20. The molecular formula is C15H13F3O. The lowest BCUT2D eigenvalue weighted by Crippen LogP contribution is -2.04. The van der Waals surface area contributed by atoms with Gasteiger partial charge in [-0.15, -0.1) is 0 Å². The van der Waals surface area contributed by atoms with Crippen molar-refractivity contribution < 1.29 is 17.9 Å². The Bertz CT molecular complexity index is 571. The minimum Gasteiger partial charge on any atom is -0.457 e. The lowest BCUT2D eigenvalue weighted by Gasteiger charge is -2.11. The number of hydrogen-bond acceptors (Lipinski definition) is 1. The predicted molar refractivity (Wildman–Crippen MR) is 67.4 cm³/mol. The van der Waals surface area contributed by atoms with E-state index in [0.29, 0.717) is 11.5 Å². The molecule has 0 bridgehead atoms. The molecule has 0 aromatic heterocycles. The van der Waals surface area contributed by atoms with Crippen molar-refractivity contribution in [3.05, 3.63) is 59.2 Å². The number of halogens is 3. The fraction of sp³-hybridized carbons (Fsp3) is 0.200. The molecule has 1 nitrogen and oxygen atoms in total. The van der Waals surface area contributed by atoms with Gasteiger partial charge in [0.1, 0.15) is 11.5 Å². The highest BCUT2D eigenvalue weighted by Gasteiger charge is 2.30. The monoisotopic (exact) mass is 266 g/mol. The highest BCUT2D eigenvalue weighted by Crippen LogP contribution is 2.32. The molecule has 2 aromatic carbocycles. The van der Waals surface area contributed by atoms with Gasteiger partial charge in [0, 0.05) is 0 Å². The highest BCUT2D eigenvalue weighted by atomic mass is 19.4. The molecule has 0 amide bonds. The van der Waals surface area contributed by atoms with E-state index in [-0.39, 0.29) is 0 Å². The van der Waals surface area contributed by atoms with Crippen molar-refractivity contribution in [2.75, 3.05) is 0 Å². The highest BCUT2D eigenvalue weighted by molar-refractivity contribution is 5.40. The first kappa shape index (κ1) is 13.5. The Morgan fingerprint density at radius 1 is 0.895 bits per heavy atom. The lowest BCUT2D eigenvalue weighted by molar-refractivity contribution is -0.137. The number of ether oxygens (including phenoxy) is 1. The fourth-order valence-electron chi connectivity index (χ4n) is 1.75. The summed E-state index contributed by atoms with van der Waals surface area (Å²) in [5.74, 6) is 1.03. The third kappa shape index (κ3) is 3.28. The second-order valence-corrected chi connectivity index (χ2v) is 4.39. The van der Waals surface area contributed by atoms with Gasteiger partial charge >= 0.3 is 6.18 Å². The molecule has 2 rings (SSSR count). The number of alkyl halides is 3. The molecule has 0 radical (unpaired) electrons. The molecule has 0 N–H and O–H groups in total. The van der Waals surface area contributed by atoms with E-state index in [2.05, 4.69) is 0 Å². The molecule has 0 aliphatic rings. The van der Waals surface area contributed by atoms with Gasteiger partial charge in [0.05, 0.1) is 5.56 Å². The van der Waals surface area contributed by atoms with E-state index < -0.39 is 11.7 Å². The van der Waals surface area contributed by atoms with E-state index >= 15 is 0 Å². The van der Waals surface area contributed by atoms with Gasteiger partial charge in [0.15, 0.2) is 0 Å². The molecule has 0 heterocycles. The van der Waals surface area contributed by atoms with Crippen LogP contribution in [0.4, 0.5) is 13.2 Å². The maximum Gasteiger partial charge on any atom is 0.416 e. The first-order chi connectivity index (χ1) is 8.86. The molecule has 0 saturated heterocycles. The third-order valence-electron chi connectivity index (χ3n) is 2.74. The molecule has 2 aromatic rings. The largest absolute Gasteiger partial charge is 0.457 e. The fourth-order valence-corrected chi connectivity index (χ4v) is 1.75. The van der Waals surface area contributed by atoms with Crippen molar-refractivity contribution in [1.82, 2.24) is 0 Å². The van der Waals surface area contributed by atoms with Crippen molar-refractivity contribution in [2.45, 2.75) is 20.0 Å². The van der Waals surface area contributed by atoms with Crippen LogP contribution >= 0.6 is 0 Å². The van der Waals surface area contributed by atoms with Gasteiger partial charge in [-0.1, -0.05) is 17.7 Å². The van der Waals surface area contributed by atoms with Crippen LogP contribution in [0.15, 0.2) is 42.5 Å². The van der Waals surface area contributed by atoms with Crippen LogP contribution in [0.3, 0.4) is 0 Å². The molecular weight excluding hydrogens is 253 g/mol. The average molecular weight is 266 g/mol. The number of benzene rings is 2. The van der Waals surface area contributed by atoms with Crippen LogP contribution in [0.5, 0.6) is 11.5 Å². The van der Waals surface area contributed by atoms with Gasteiger partial charge in [0.2, 0.25) is 0 Å². The van der Waals surface area contributed by atoms with Crippen molar-refractivity contribution in [3.63, 3.8) is 0 Å². The van der Waals surface area contributed by atoms with Crippen molar-refractivity contribution in [2.24, 2.45) is 0 Å². The number of aryl methyl sites for hydroxylation is 2. The van der Waals surface area contributed by atoms with Gasteiger partial charge in [-0.2, -0.15) is 13.2 Å². The van der Waals surface area contributed by atoms with E-state index in [1.54, 1.807) is 0 Å². The van der Waals surface area contributed by atoms with Gasteiger partial charge in [-0.25, -0.2) is 0 Å². The predicted octanol–water partition coefficient (Wildman–Crippen LogP) is 5.11. The van der Waals surface area contributed by atoms with E-state index in [1.165, 1.54) is 12.1 Å².